The Balaban J connectivity index is 1.45. The lowest BCUT2D eigenvalue weighted by Crippen LogP contribution is -2.40. The first kappa shape index (κ1) is 26.8. The maximum atomic E-state index is 12.6. The first-order valence-electron chi connectivity index (χ1n) is 11.6. The number of anilines is 2. The van der Waals surface area contributed by atoms with Crippen molar-refractivity contribution in [3.8, 4) is 0 Å². The SMILES string of the molecule is O=C(NC(C/C=C/c1ccc(N(Cc2cccnc2)c2ncccn2)cc1)C(=O)O)c1c(Cl)cccc1Cl. The minimum absolute atomic E-state index is 0.0416. The van der Waals surface area contributed by atoms with E-state index >= 15 is 0 Å². The van der Waals surface area contributed by atoms with Crippen LogP contribution in [0.15, 0.2) is 91.5 Å². The van der Waals surface area contributed by atoms with Crippen LogP contribution < -0.4 is 10.2 Å². The van der Waals surface area contributed by atoms with Crippen LogP contribution in [0, 0.1) is 0 Å². The highest BCUT2D eigenvalue weighted by Crippen LogP contribution is 2.26. The molecule has 2 aromatic heterocycles. The van der Waals surface area contributed by atoms with Crippen molar-refractivity contribution in [1.82, 2.24) is 20.3 Å². The van der Waals surface area contributed by atoms with Gasteiger partial charge in [0.25, 0.3) is 5.91 Å². The number of pyridine rings is 1. The molecule has 0 bridgehead atoms. The molecule has 2 heterocycles. The molecular formula is C28H23Cl2N5O3. The molecule has 1 unspecified atom stereocenters. The predicted octanol–water partition coefficient (Wildman–Crippen LogP) is 5.80. The minimum atomic E-state index is -1.17. The van der Waals surface area contributed by atoms with Gasteiger partial charge in [-0.25, -0.2) is 14.8 Å². The summed E-state index contributed by atoms with van der Waals surface area (Å²) in [7, 11) is 0. The summed E-state index contributed by atoms with van der Waals surface area (Å²) >= 11 is 12.1. The summed E-state index contributed by atoms with van der Waals surface area (Å²) in [5.74, 6) is -1.27. The lowest BCUT2D eigenvalue weighted by atomic mass is 10.1. The number of carbonyl (C=O) groups excluding carboxylic acids is 1. The molecule has 38 heavy (non-hydrogen) atoms. The molecule has 4 aromatic rings. The Bertz CT molecular complexity index is 1400. The van der Waals surface area contributed by atoms with Gasteiger partial charge in [-0.05, 0) is 53.9 Å². The van der Waals surface area contributed by atoms with Gasteiger partial charge in [0.1, 0.15) is 6.04 Å². The van der Waals surface area contributed by atoms with Crippen molar-refractivity contribution in [2.75, 3.05) is 4.90 Å². The van der Waals surface area contributed by atoms with Crippen LogP contribution in [0.3, 0.4) is 0 Å². The second-order valence-corrected chi connectivity index (χ2v) is 9.00. The second kappa shape index (κ2) is 12.8. The summed E-state index contributed by atoms with van der Waals surface area (Å²) in [5, 5.41) is 12.4. The Morgan fingerprint density at radius 1 is 0.947 bits per heavy atom. The third-order valence-corrected chi connectivity index (χ3v) is 6.17. The number of amides is 1. The third-order valence-electron chi connectivity index (χ3n) is 5.54. The lowest BCUT2D eigenvalue weighted by molar-refractivity contribution is -0.139. The highest BCUT2D eigenvalue weighted by atomic mass is 35.5. The van der Waals surface area contributed by atoms with Gasteiger partial charge in [-0.15, -0.1) is 0 Å². The number of aromatic nitrogens is 3. The quantitative estimate of drug-likeness (QED) is 0.258. The number of hydrogen-bond acceptors (Lipinski definition) is 6. The smallest absolute Gasteiger partial charge is 0.326 e. The average Bonchev–Trinajstić information content (AvgIpc) is 2.92. The van der Waals surface area contributed by atoms with Crippen molar-refractivity contribution in [3.63, 3.8) is 0 Å². The Kier molecular flexibility index (Phi) is 9.02. The van der Waals surface area contributed by atoms with Gasteiger partial charge in [0, 0.05) is 30.5 Å². The Labute approximate surface area is 229 Å². The third kappa shape index (κ3) is 6.94. The average molecular weight is 548 g/mol. The summed E-state index contributed by atoms with van der Waals surface area (Å²) in [6.07, 6.45) is 10.4. The van der Waals surface area contributed by atoms with E-state index < -0.39 is 17.9 Å². The normalized spacial score (nSPS) is 11.7. The molecule has 0 aliphatic carbocycles. The molecule has 0 spiro atoms. The molecule has 192 valence electrons. The van der Waals surface area contributed by atoms with Crippen LogP contribution in [-0.2, 0) is 11.3 Å². The Morgan fingerprint density at radius 2 is 1.66 bits per heavy atom. The van der Waals surface area contributed by atoms with Crippen molar-refractivity contribution < 1.29 is 14.7 Å². The number of carbonyl (C=O) groups is 2. The second-order valence-electron chi connectivity index (χ2n) is 8.19. The maximum absolute atomic E-state index is 12.6. The molecule has 1 amide bonds. The van der Waals surface area contributed by atoms with Crippen LogP contribution >= 0.6 is 23.2 Å². The molecule has 0 aliphatic rings. The van der Waals surface area contributed by atoms with E-state index in [1.54, 1.807) is 49.1 Å². The highest BCUT2D eigenvalue weighted by molar-refractivity contribution is 6.39. The predicted molar refractivity (Wildman–Crippen MR) is 148 cm³/mol. The minimum Gasteiger partial charge on any atom is -0.480 e. The molecule has 2 N–H and O–H groups in total. The number of nitrogens with one attached hydrogen (secondary N) is 1. The number of carboxylic acid groups (broad SMARTS) is 1. The van der Waals surface area contributed by atoms with Crippen LogP contribution in [0.4, 0.5) is 11.6 Å². The fourth-order valence-corrected chi connectivity index (χ4v) is 4.22. The van der Waals surface area contributed by atoms with Gasteiger partial charge in [-0.3, -0.25) is 9.78 Å². The molecule has 8 nitrogen and oxygen atoms in total. The molecule has 0 aliphatic heterocycles. The van der Waals surface area contributed by atoms with E-state index in [0.717, 1.165) is 16.8 Å². The number of benzene rings is 2. The lowest BCUT2D eigenvalue weighted by Gasteiger charge is -2.22. The first-order valence-corrected chi connectivity index (χ1v) is 12.4. The van der Waals surface area contributed by atoms with Gasteiger partial charge < -0.3 is 15.3 Å². The zero-order valence-corrected chi connectivity index (χ0v) is 21.5. The van der Waals surface area contributed by atoms with Crippen LogP contribution in [0.5, 0.6) is 0 Å². The number of nitrogens with zero attached hydrogens (tertiary/aromatic N) is 4. The van der Waals surface area contributed by atoms with E-state index in [1.165, 1.54) is 12.1 Å². The standard InChI is InChI=1S/C28H23Cl2N5O3/c29-22-7-2-8-23(30)25(22)26(36)34-24(27(37)38)9-1-5-19-10-12-21(13-11-19)35(28-32-15-4-16-33-28)18-20-6-3-14-31-17-20/h1-8,10-17,24H,9,18H2,(H,34,36)(H,37,38)/b5-1+. The van der Waals surface area contributed by atoms with Gasteiger partial charge in [-0.2, -0.15) is 0 Å². The van der Waals surface area contributed by atoms with Crippen molar-refractivity contribution in [2.24, 2.45) is 0 Å². The van der Waals surface area contributed by atoms with Crippen molar-refractivity contribution >= 4 is 52.8 Å². The number of hydrogen-bond donors (Lipinski definition) is 2. The molecule has 0 radical (unpaired) electrons. The number of rotatable bonds is 10. The van der Waals surface area contributed by atoms with E-state index in [-0.39, 0.29) is 22.0 Å². The van der Waals surface area contributed by atoms with Crippen LogP contribution in [-0.4, -0.2) is 38.0 Å². The Hall–Kier alpha value is -4.27. The summed E-state index contributed by atoms with van der Waals surface area (Å²) < 4.78 is 0. The monoisotopic (exact) mass is 547 g/mol. The number of aliphatic carboxylic acids is 1. The molecule has 4 rings (SSSR count). The summed E-state index contributed by atoms with van der Waals surface area (Å²) in [6, 6.07) is 16.8. The van der Waals surface area contributed by atoms with Gasteiger partial charge in [-0.1, -0.05) is 59.6 Å². The van der Waals surface area contributed by atoms with Crippen molar-refractivity contribution in [3.05, 3.63) is 118 Å². The van der Waals surface area contributed by atoms with Crippen LogP contribution in [0.25, 0.3) is 6.08 Å². The fraction of sp³-hybridized carbons (Fsp3) is 0.107. The van der Waals surface area contributed by atoms with E-state index in [4.69, 9.17) is 23.2 Å². The number of halogens is 2. The van der Waals surface area contributed by atoms with E-state index in [2.05, 4.69) is 20.3 Å². The van der Waals surface area contributed by atoms with E-state index in [9.17, 15) is 14.7 Å². The maximum Gasteiger partial charge on any atom is 0.326 e. The molecule has 2 aromatic carbocycles. The number of carboxylic acids is 1. The fourth-order valence-electron chi connectivity index (χ4n) is 3.65. The van der Waals surface area contributed by atoms with Crippen LogP contribution in [0.1, 0.15) is 27.9 Å². The van der Waals surface area contributed by atoms with Crippen molar-refractivity contribution in [2.45, 2.75) is 19.0 Å². The molecule has 1 atom stereocenters. The van der Waals surface area contributed by atoms with Gasteiger partial charge in [0.05, 0.1) is 22.2 Å². The summed E-state index contributed by atoms with van der Waals surface area (Å²) in [5.41, 5.74) is 2.78. The molecule has 0 saturated heterocycles. The zero-order valence-electron chi connectivity index (χ0n) is 20.0. The summed E-state index contributed by atoms with van der Waals surface area (Å²) in [4.78, 5) is 39.3. The molecule has 0 fully saturated rings. The highest BCUT2D eigenvalue weighted by Gasteiger charge is 2.22. The molecule has 0 saturated carbocycles. The zero-order chi connectivity index (χ0) is 26.9. The van der Waals surface area contributed by atoms with Crippen LogP contribution in [0.2, 0.25) is 10.0 Å². The Morgan fingerprint density at radius 3 is 2.29 bits per heavy atom. The largest absolute Gasteiger partial charge is 0.480 e. The van der Waals surface area contributed by atoms with Gasteiger partial charge in [0.2, 0.25) is 5.95 Å². The van der Waals surface area contributed by atoms with Gasteiger partial charge >= 0.3 is 5.97 Å². The topological polar surface area (TPSA) is 108 Å². The van der Waals surface area contributed by atoms with Gasteiger partial charge in [0.15, 0.2) is 0 Å². The summed E-state index contributed by atoms with van der Waals surface area (Å²) in [6.45, 7) is 0.530. The van der Waals surface area contributed by atoms with E-state index in [0.29, 0.717) is 12.5 Å². The molecule has 10 heteroatoms. The molecular weight excluding hydrogens is 525 g/mol. The van der Waals surface area contributed by atoms with Crippen molar-refractivity contribution in [1.29, 1.82) is 0 Å². The van der Waals surface area contributed by atoms with E-state index in [1.807, 2.05) is 41.3 Å². The first-order chi connectivity index (χ1) is 18.4.